The number of rotatable bonds is 4. The molecule has 2 aromatic rings. The van der Waals surface area contributed by atoms with Gasteiger partial charge in [-0.1, -0.05) is 12.1 Å². The van der Waals surface area contributed by atoms with Crippen molar-refractivity contribution in [3.63, 3.8) is 0 Å². The van der Waals surface area contributed by atoms with Gasteiger partial charge in [-0.05, 0) is 42.0 Å². The number of carbonyl (C=O) groups is 2. The fourth-order valence-corrected chi connectivity index (χ4v) is 2.85. The summed E-state index contributed by atoms with van der Waals surface area (Å²) in [5.74, 6) is -0.855. The number of aliphatic hydroxyl groups is 1. The molecule has 1 saturated heterocycles. The van der Waals surface area contributed by atoms with Crippen LogP contribution in [0.15, 0.2) is 48.5 Å². The van der Waals surface area contributed by atoms with Crippen LogP contribution < -0.4 is 10.6 Å². The van der Waals surface area contributed by atoms with Gasteiger partial charge in [-0.25, -0.2) is 0 Å². The van der Waals surface area contributed by atoms with E-state index in [2.05, 4.69) is 10.6 Å². The molecule has 1 aliphatic heterocycles. The van der Waals surface area contributed by atoms with E-state index < -0.39 is 29.8 Å². The normalized spacial score (nSPS) is 19.8. The largest absolute Gasteiger partial charge is 0.416 e. The second-order valence-electron chi connectivity index (χ2n) is 6.24. The second-order valence-corrected chi connectivity index (χ2v) is 6.24. The van der Waals surface area contributed by atoms with Crippen LogP contribution in [0.5, 0.6) is 0 Å². The van der Waals surface area contributed by atoms with E-state index in [1.165, 1.54) is 0 Å². The quantitative estimate of drug-likeness (QED) is 0.744. The molecule has 9 heteroatoms. The number of nitrogens with one attached hydrogen (secondary N) is 2. The first kappa shape index (κ1) is 19.8. The van der Waals surface area contributed by atoms with Crippen LogP contribution in [0.2, 0.25) is 0 Å². The molecule has 2 amide bonds. The van der Waals surface area contributed by atoms with Gasteiger partial charge in [0.15, 0.2) is 0 Å². The van der Waals surface area contributed by atoms with Gasteiger partial charge in [0.1, 0.15) is 12.7 Å². The molecule has 2 unspecified atom stereocenters. The standard InChI is InChI=1S/C19H17F3N2O4/c20-19(21,22)13-5-1-12(2-6-13)18(27)23-14-7-3-11(4-8-14)17-15(9-25)24-16(26)10-28-17/h1-8,15,17,25H,9-10H2,(H,23,27)(H,24,26). The lowest BCUT2D eigenvalue weighted by molar-refractivity contribution is -0.139. The summed E-state index contributed by atoms with van der Waals surface area (Å²) < 4.78 is 43.2. The summed E-state index contributed by atoms with van der Waals surface area (Å²) in [4.78, 5) is 23.5. The lowest BCUT2D eigenvalue weighted by Crippen LogP contribution is -2.49. The zero-order valence-electron chi connectivity index (χ0n) is 14.5. The van der Waals surface area contributed by atoms with Crippen LogP contribution >= 0.6 is 0 Å². The van der Waals surface area contributed by atoms with Gasteiger partial charge in [0.2, 0.25) is 5.91 Å². The highest BCUT2D eigenvalue weighted by atomic mass is 19.4. The van der Waals surface area contributed by atoms with Gasteiger partial charge in [-0.3, -0.25) is 9.59 Å². The van der Waals surface area contributed by atoms with E-state index in [-0.39, 0.29) is 24.7 Å². The smallest absolute Gasteiger partial charge is 0.394 e. The third kappa shape index (κ3) is 4.49. The number of hydrogen-bond donors (Lipinski definition) is 3. The van der Waals surface area contributed by atoms with Crippen LogP contribution in [0.4, 0.5) is 18.9 Å². The number of anilines is 1. The zero-order valence-corrected chi connectivity index (χ0v) is 14.5. The van der Waals surface area contributed by atoms with Crippen LogP contribution in [0.25, 0.3) is 0 Å². The zero-order chi connectivity index (χ0) is 20.3. The van der Waals surface area contributed by atoms with E-state index in [9.17, 15) is 27.9 Å². The van der Waals surface area contributed by atoms with Crippen LogP contribution in [0.1, 0.15) is 27.6 Å². The molecule has 1 heterocycles. The van der Waals surface area contributed by atoms with E-state index in [1.54, 1.807) is 24.3 Å². The number of halogens is 3. The molecule has 148 valence electrons. The Morgan fingerprint density at radius 1 is 1.14 bits per heavy atom. The Kier molecular flexibility index (Phi) is 5.66. The molecular formula is C19H17F3N2O4. The number of carbonyl (C=O) groups excluding carboxylic acids is 2. The third-order valence-electron chi connectivity index (χ3n) is 4.27. The van der Waals surface area contributed by atoms with Crippen molar-refractivity contribution in [3.05, 3.63) is 65.2 Å². The number of morpholine rings is 1. The summed E-state index contributed by atoms with van der Waals surface area (Å²) in [6, 6.07) is 9.89. The number of alkyl halides is 3. The molecule has 1 aliphatic rings. The van der Waals surface area contributed by atoms with Gasteiger partial charge in [0.05, 0.1) is 18.2 Å². The lowest BCUT2D eigenvalue weighted by Gasteiger charge is -2.31. The maximum Gasteiger partial charge on any atom is 0.416 e. The first-order chi connectivity index (χ1) is 13.3. The summed E-state index contributed by atoms with van der Waals surface area (Å²) in [5.41, 5.74) is 0.405. The molecule has 0 bridgehead atoms. The molecule has 6 nitrogen and oxygen atoms in total. The third-order valence-corrected chi connectivity index (χ3v) is 4.27. The average Bonchev–Trinajstić information content (AvgIpc) is 2.68. The molecular weight excluding hydrogens is 377 g/mol. The number of hydrogen-bond acceptors (Lipinski definition) is 4. The van der Waals surface area contributed by atoms with Gasteiger partial charge in [-0.15, -0.1) is 0 Å². The Bertz CT molecular complexity index is 851. The minimum atomic E-state index is -4.46. The molecule has 0 aromatic heterocycles. The van der Waals surface area contributed by atoms with Gasteiger partial charge in [0, 0.05) is 11.3 Å². The van der Waals surface area contributed by atoms with E-state index >= 15 is 0 Å². The topological polar surface area (TPSA) is 87.7 Å². The Morgan fingerprint density at radius 3 is 2.36 bits per heavy atom. The van der Waals surface area contributed by atoms with Crippen molar-refractivity contribution in [1.29, 1.82) is 0 Å². The van der Waals surface area contributed by atoms with Crippen molar-refractivity contribution < 1.29 is 32.6 Å². The second kappa shape index (κ2) is 7.99. The SMILES string of the molecule is O=C1COC(c2ccc(NC(=O)c3ccc(C(F)(F)F)cc3)cc2)C(CO)N1. The molecule has 3 N–H and O–H groups in total. The van der Waals surface area contributed by atoms with Crippen molar-refractivity contribution in [1.82, 2.24) is 5.32 Å². The van der Waals surface area contributed by atoms with E-state index in [0.29, 0.717) is 11.3 Å². The first-order valence-corrected chi connectivity index (χ1v) is 8.38. The summed E-state index contributed by atoms with van der Waals surface area (Å²) in [7, 11) is 0. The Morgan fingerprint density at radius 2 is 1.79 bits per heavy atom. The van der Waals surface area contributed by atoms with Crippen molar-refractivity contribution in [3.8, 4) is 0 Å². The fourth-order valence-electron chi connectivity index (χ4n) is 2.85. The molecule has 0 aliphatic carbocycles. The number of benzene rings is 2. The predicted molar refractivity (Wildman–Crippen MR) is 93.5 cm³/mol. The van der Waals surface area contributed by atoms with E-state index in [1.807, 2.05) is 0 Å². The molecule has 2 aromatic carbocycles. The Balaban J connectivity index is 1.67. The summed E-state index contributed by atoms with van der Waals surface area (Å²) in [6.45, 7) is -0.406. The first-order valence-electron chi connectivity index (χ1n) is 8.38. The monoisotopic (exact) mass is 394 g/mol. The highest BCUT2D eigenvalue weighted by Crippen LogP contribution is 2.29. The van der Waals surface area contributed by atoms with Gasteiger partial charge in [-0.2, -0.15) is 13.2 Å². The van der Waals surface area contributed by atoms with E-state index in [4.69, 9.17) is 4.74 Å². The Hall–Kier alpha value is -2.91. The highest BCUT2D eigenvalue weighted by Gasteiger charge is 2.31. The van der Waals surface area contributed by atoms with Crippen LogP contribution in [0.3, 0.4) is 0 Å². The van der Waals surface area contributed by atoms with Crippen LogP contribution in [-0.2, 0) is 15.7 Å². The number of amides is 2. The van der Waals surface area contributed by atoms with Gasteiger partial charge >= 0.3 is 6.18 Å². The van der Waals surface area contributed by atoms with Gasteiger partial charge in [0.25, 0.3) is 5.91 Å². The molecule has 28 heavy (non-hydrogen) atoms. The molecule has 3 rings (SSSR count). The molecule has 0 saturated carbocycles. The average molecular weight is 394 g/mol. The van der Waals surface area contributed by atoms with Gasteiger partial charge < -0.3 is 20.5 Å². The lowest BCUT2D eigenvalue weighted by atomic mass is 10.0. The minimum Gasteiger partial charge on any atom is -0.394 e. The van der Waals surface area contributed by atoms with E-state index in [0.717, 1.165) is 24.3 Å². The molecule has 0 spiro atoms. The Labute approximate surface area is 158 Å². The van der Waals surface area contributed by atoms with Crippen molar-refractivity contribution in [2.24, 2.45) is 0 Å². The molecule has 2 atom stereocenters. The maximum atomic E-state index is 12.6. The summed E-state index contributed by atoms with van der Waals surface area (Å²) in [6.07, 6.45) is -4.99. The van der Waals surface area contributed by atoms with Crippen molar-refractivity contribution >= 4 is 17.5 Å². The fraction of sp³-hybridized carbons (Fsp3) is 0.263. The minimum absolute atomic E-state index is 0.0933. The van der Waals surface area contributed by atoms with Crippen molar-refractivity contribution in [2.75, 3.05) is 18.5 Å². The molecule has 1 fully saturated rings. The summed E-state index contributed by atoms with van der Waals surface area (Å²) in [5, 5.41) is 14.6. The predicted octanol–water partition coefficient (Wildman–Crippen LogP) is 2.51. The molecule has 0 radical (unpaired) electrons. The summed E-state index contributed by atoms with van der Waals surface area (Å²) >= 11 is 0. The number of aliphatic hydroxyl groups excluding tert-OH is 1. The van der Waals surface area contributed by atoms with Crippen LogP contribution in [-0.4, -0.2) is 36.2 Å². The number of ether oxygens (including phenoxy) is 1. The highest BCUT2D eigenvalue weighted by molar-refractivity contribution is 6.04. The van der Waals surface area contributed by atoms with Crippen molar-refractivity contribution in [2.45, 2.75) is 18.3 Å². The van der Waals surface area contributed by atoms with Crippen LogP contribution in [0, 0.1) is 0 Å². The maximum absolute atomic E-state index is 12.6.